The van der Waals surface area contributed by atoms with Gasteiger partial charge in [-0.25, -0.2) is 0 Å². The van der Waals surface area contributed by atoms with Gasteiger partial charge in [0.2, 0.25) is 0 Å². The molecule has 160 valence electrons. The third kappa shape index (κ3) is 3.46. The standard InChI is InChI=1S/C26H22N2O3S/c1-17-21(20-11-5-6-12-22(20)27(17)2)16-24-25(29)28(26(30)32-24)14-15-31-23-13-7-9-18-8-3-4-10-19(18)23/h3-13,16H,14-15H2,1-2H3/b24-16-. The van der Waals surface area contributed by atoms with Crippen molar-refractivity contribution in [3.05, 3.63) is 82.9 Å². The van der Waals surface area contributed by atoms with E-state index in [0.29, 0.717) is 4.91 Å². The highest BCUT2D eigenvalue weighted by Gasteiger charge is 2.35. The van der Waals surface area contributed by atoms with Gasteiger partial charge in [0.15, 0.2) is 0 Å². The summed E-state index contributed by atoms with van der Waals surface area (Å²) in [6.07, 6.45) is 1.84. The summed E-state index contributed by atoms with van der Waals surface area (Å²) in [6, 6.07) is 21.9. The maximum absolute atomic E-state index is 13.0. The quantitative estimate of drug-likeness (QED) is 0.369. The van der Waals surface area contributed by atoms with Crippen LogP contribution >= 0.6 is 11.8 Å². The number of thioether (sulfide) groups is 1. The van der Waals surface area contributed by atoms with Gasteiger partial charge < -0.3 is 9.30 Å². The molecule has 0 bridgehead atoms. The molecule has 0 N–H and O–H groups in total. The minimum Gasteiger partial charge on any atom is -0.491 e. The number of nitrogens with zero attached hydrogens (tertiary/aromatic N) is 2. The Morgan fingerprint density at radius 1 is 0.938 bits per heavy atom. The number of rotatable bonds is 5. The molecule has 3 aromatic carbocycles. The van der Waals surface area contributed by atoms with Crippen LogP contribution in [-0.4, -0.2) is 33.8 Å². The van der Waals surface area contributed by atoms with Gasteiger partial charge in [0.05, 0.1) is 11.4 Å². The fourth-order valence-corrected chi connectivity index (χ4v) is 4.97. The van der Waals surface area contributed by atoms with Crippen molar-refractivity contribution in [1.82, 2.24) is 9.47 Å². The highest BCUT2D eigenvalue weighted by molar-refractivity contribution is 8.18. The van der Waals surface area contributed by atoms with Crippen LogP contribution in [0, 0.1) is 6.92 Å². The van der Waals surface area contributed by atoms with Crippen LogP contribution in [0.25, 0.3) is 27.8 Å². The van der Waals surface area contributed by atoms with Gasteiger partial charge in [-0.3, -0.25) is 14.5 Å². The van der Waals surface area contributed by atoms with Crippen molar-refractivity contribution in [3.8, 4) is 5.75 Å². The first-order valence-corrected chi connectivity index (χ1v) is 11.3. The number of aryl methyl sites for hydroxylation is 1. The number of para-hydroxylation sites is 1. The Bertz CT molecular complexity index is 1400. The lowest BCUT2D eigenvalue weighted by Crippen LogP contribution is -2.32. The molecule has 0 atom stereocenters. The monoisotopic (exact) mass is 442 g/mol. The second-order valence-electron chi connectivity index (χ2n) is 7.73. The van der Waals surface area contributed by atoms with Crippen molar-refractivity contribution in [1.29, 1.82) is 0 Å². The van der Waals surface area contributed by atoms with E-state index in [1.807, 2.05) is 80.7 Å². The van der Waals surface area contributed by atoms with E-state index in [0.717, 1.165) is 50.4 Å². The number of fused-ring (bicyclic) bond motifs is 2. The average Bonchev–Trinajstić information content (AvgIpc) is 3.22. The fourth-order valence-electron chi connectivity index (χ4n) is 4.12. The lowest BCUT2D eigenvalue weighted by molar-refractivity contribution is -0.123. The highest BCUT2D eigenvalue weighted by Crippen LogP contribution is 2.35. The van der Waals surface area contributed by atoms with Gasteiger partial charge in [-0.15, -0.1) is 0 Å². The molecule has 4 aromatic rings. The smallest absolute Gasteiger partial charge is 0.293 e. The summed E-state index contributed by atoms with van der Waals surface area (Å²) in [4.78, 5) is 27.3. The second kappa shape index (κ2) is 8.20. The van der Waals surface area contributed by atoms with Gasteiger partial charge in [0, 0.05) is 34.6 Å². The van der Waals surface area contributed by atoms with Crippen LogP contribution in [0.1, 0.15) is 11.3 Å². The number of ether oxygens (including phenoxy) is 1. The van der Waals surface area contributed by atoms with Crippen molar-refractivity contribution in [3.63, 3.8) is 0 Å². The van der Waals surface area contributed by atoms with Crippen molar-refractivity contribution >= 4 is 50.7 Å². The molecule has 5 rings (SSSR count). The number of amides is 2. The fraction of sp³-hybridized carbons (Fsp3) is 0.154. The third-order valence-electron chi connectivity index (χ3n) is 5.92. The molecule has 0 radical (unpaired) electrons. The molecular formula is C26H22N2O3S. The van der Waals surface area contributed by atoms with Gasteiger partial charge in [0.25, 0.3) is 11.1 Å². The summed E-state index contributed by atoms with van der Waals surface area (Å²) < 4.78 is 8.03. The largest absolute Gasteiger partial charge is 0.491 e. The molecule has 1 aliphatic heterocycles. The van der Waals surface area contributed by atoms with Gasteiger partial charge in [0.1, 0.15) is 12.4 Å². The van der Waals surface area contributed by atoms with Crippen LogP contribution in [0.15, 0.2) is 71.6 Å². The van der Waals surface area contributed by atoms with E-state index in [9.17, 15) is 9.59 Å². The lowest BCUT2D eigenvalue weighted by atomic mass is 10.1. The van der Waals surface area contributed by atoms with Gasteiger partial charge in [-0.2, -0.15) is 0 Å². The SMILES string of the molecule is Cc1c(/C=C2\SC(=O)N(CCOc3cccc4ccccc34)C2=O)c2ccccc2n1C. The Labute approximate surface area is 190 Å². The number of benzene rings is 3. The van der Waals surface area contributed by atoms with Crippen LogP contribution in [0.4, 0.5) is 4.79 Å². The van der Waals surface area contributed by atoms with Crippen molar-refractivity contribution in [2.24, 2.45) is 7.05 Å². The molecule has 2 amide bonds. The molecule has 1 aliphatic rings. The molecule has 0 aliphatic carbocycles. The number of hydrogen-bond acceptors (Lipinski definition) is 4. The summed E-state index contributed by atoms with van der Waals surface area (Å²) in [6.45, 7) is 2.47. The van der Waals surface area contributed by atoms with Crippen LogP contribution in [-0.2, 0) is 11.8 Å². The zero-order valence-corrected chi connectivity index (χ0v) is 18.7. The Kier molecular flexibility index (Phi) is 5.23. The Morgan fingerprint density at radius 3 is 2.50 bits per heavy atom. The Hall–Kier alpha value is -3.51. The van der Waals surface area contributed by atoms with Crippen molar-refractivity contribution in [2.75, 3.05) is 13.2 Å². The van der Waals surface area contributed by atoms with Gasteiger partial charge in [-0.1, -0.05) is 54.6 Å². The molecule has 0 saturated carbocycles. The van der Waals surface area contributed by atoms with Crippen LogP contribution in [0.3, 0.4) is 0 Å². The van der Waals surface area contributed by atoms with Gasteiger partial charge in [-0.05, 0) is 42.3 Å². The predicted molar refractivity (Wildman–Crippen MR) is 130 cm³/mol. The van der Waals surface area contributed by atoms with Crippen molar-refractivity contribution in [2.45, 2.75) is 6.92 Å². The Morgan fingerprint density at radius 2 is 1.66 bits per heavy atom. The van der Waals surface area contributed by atoms with E-state index in [1.165, 1.54) is 4.90 Å². The van der Waals surface area contributed by atoms with E-state index >= 15 is 0 Å². The zero-order chi connectivity index (χ0) is 22.2. The second-order valence-corrected chi connectivity index (χ2v) is 8.73. The van der Waals surface area contributed by atoms with Crippen molar-refractivity contribution < 1.29 is 14.3 Å². The molecule has 6 heteroatoms. The predicted octanol–water partition coefficient (Wildman–Crippen LogP) is 5.76. The van der Waals surface area contributed by atoms with E-state index in [4.69, 9.17) is 4.74 Å². The molecule has 2 heterocycles. The molecule has 32 heavy (non-hydrogen) atoms. The molecule has 1 aromatic heterocycles. The van der Waals surface area contributed by atoms with E-state index in [-0.39, 0.29) is 24.3 Å². The highest BCUT2D eigenvalue weighted by atomic mass is 32.2. The summed E-state index contributed by atoms with van der Waals surface area (Å²) in [5, 5.41) is 2.90. The molecule has 5 nitrogen and oxygen atoms in total. The zero-order valence-electron chi connectivity index (χ0n) is 17.9. The molecule has 0 spiro atoms. The summed E-state index contributed by atoms with van der Waals surface area (Å²) in [5.41, 5.74) is 3.12. The first-order valence-electron chi connectivity index (χ1n) is 10.4. The average molecular weight is 443 g/mol. The summed E-state index contributed by atoms with van der Waals surface area (Å²) in [5.74, 6) is 0.478. The van der Waals surface area contributed by atoms with Crippen LogP contribution in [0.2, 0.25) is 0 Å². The van der Waals surface area contributed by atoms with E-state index < -0.39 is 0 Å². The molecule has 0 unspecified atom stereocenters. The summed E-state index contributed by atoms with van der Waals surface area (Å²) in [7, 11) is 2.01. The Balaban J connectivity index is 1.34. The number of carbonyl (C=O) groups excluding carboxylic acids is 2. The van der Waals surface area contributed by atoms with E-state index in [2.05, 4.69) is 10.6 Å². The first kappa shape index (κ1) is 20.4. The first-order chi connectivity index (χ1) is 15.5. The van der Waals surface area contributed by atoms with Crippen LogP contribution < -0.4 is 4.74 Å². The maximum Gasteiger partial charge on any atom is 0.293 e. The minimum atomic E-state index is -0.270. The van der Waals surface area contributed by atoms with E-state index in [1.54, 1.807) is 0 Å². The van der Waals surface area contributed by atoms with Crippen LogP contribution in [0.5, 0.6) is 5.75 Å². The number of carbonyl (C=O) groups is 2. The number of imide groups is 1. The number of aromatic nitrogens is 1. The lowest BCUT2D eigenvalue weighted by Gasteiger charge is -2.14. The minimum absolute atomic E-state index is 0.208. The molecule has 1 saturated heterocycles. The maximum atomic E-state index is 13.0. The molecular weight excluding hydrogens is 420 g/mol. The molecule has 1 fully saturated rings. The third-order valence-corrected chi connectivity index (χ3v) is 6.83. The number of hydrogen-bond donors (Lipinski definition) is 0. The van der Waals surface area contributed by atoms with Gasteiger partial charge >= 0.3 is 0 Å². The normalized spacial score (nSPS) is 15.4. The topological polar surface area (TPSA) is 51.5 Å². The summed E-state index contributed by atoms with van der Waals surface area (Å²) >= 11 is 0.986.